The van der Waals surface area contributed by atoms with Gasteiger partial charge in [0.15, 0.2) is 0 Å². The van der Waals surface area contributed by atoms with Crippen molar-refractivity contribution in [3.63, 3.8) is 0 Å². The molecule has 16 nitrogen and oxygen atoms in total. The second-order valence-electron chi connectivity index (χ2n) is 12.6. The minimum absolute atomic E-state index is 0.0740. The van der Waals surface area contributed by atoms with E-state index in [1.165, 1.54) is 73.7 Å². The number of nitrogens with two attached hydrogens (primary N) is 1. The molecule has 5 N–H and O–H groups in total. The number of sulfonamides is 1. The lowest BCUT2D eigenvalue weighted by Crippen LogP contribution is -2.26. The van der Waals surface area contributed by atoms with Crippen molar-refractivity contribution in [3.05, 3.63) is 120 Å². The van der Waals surface area contributed by atoms with Crippen LogP contribution in [0.25, 0.3) is 0 Å². The third kappa shape index (κ3) is 17.1. The Labute approximate surface area is 369 Å². The van der Waals surface area contributed by atoms with Crippen molar-refractivity contribution in [2.75, 3.05) is 65.3 Å². The molecule has 0 radical (unpaired) electrons. The van der Waals surface area contributed by atoms with Crippen LogP contribution in [0.5, 0.6) is 23.0 Å². The first kappa shape index (κ1) is 48.6. The highest BCUT2D eigenvalue weighted by Gasteiger charge is 2.14. The summed E-state index contributed by atoms with van der Waals surface area (Å²) in [5.41, 5.74) is 7.66. The van der Waals surface area contributed by atoms with Gasteiger partial charge in [-0.05, 0) is 103 Å². The van der Waals surface area contributed by atoms with Crippen molar-refractivity contribution in [3.8, 4) is 23.0 Å². The highest BCUT2D eigenvalue weighted by atomic mass is 35.7. The fraction of sp³-hybridized carbons (Fsp3) is 0.300. The number of hydrogen-bond acceptors (Lipinski definition) is 17. The summed E-state index contributed by atoms with van der Waals surface area (Å²) >= 11 is 2.67. The molecule has 0 fully saturated rings. The van der Waals surface area contributed by atoms with Gasteiger partial charge in [-0.15, -0.1) is 0 Å². The van der Waals surface area contributed by atoms with Gasteiger partial charge in [0.1, 0.15) is 34.6 Å². The van der Waals surface area contributed by atoms with Gasteiger partial charge in [-0.2, -0.15) is 8.75 Å². The molecule has 4 aromatic carbocycles. The van der Waals surface area contributed by atoms with Gasteiger partial charge in [0.2, 0.25) is 20.3 Å². The van der Waals surface area contributed by atoms with E-state index in [-0.39, 0.29) is 9.79 Å². The van der Waals surface area contributed by atoms with Crippen molar-refractivity contribution >= 4 is 63.1 Å². The number of anilines is 2. The van der Waals surface area contributed by atoms with Gasteiger partial charge in [0.25, 0.3) is 9.05 Å². The summed E-state index contributed by atoms with van der Waals surface area (Å²) in [5, 5.41) is 7.96. The number of benzene rings is 4. The Morgan fingerprint density at radius 2 is 1.03 bits per heavy atom. The molecule has 328 valence electrons. The number of ether oxygens (including phenoxy) is 4. The molecule has 21 heteroatoms. The molecule has 2 aromatic heterocycles. The zero-order valence-corrected chi connectivity index (χ0v) is 38.1. The van der Waals surface area contributed by atoms with Crippen LogP contribution in [-0.4, -0.2) is 90.2 Å². The van der Waals surface area contributed by atoms with E-state index >= 15 is 0 Å². The number of aromatic nitrogens is 4. The van der Waals surface area contributed by atoms with Crippen LogP contribution in [0.4, 0.5) is 10.3 Å². The average molecular weight is 934 g/mol. The first-order valence-electron chi connectivity index (χ1n) is 18.7. The van der Waals surface area contributed by atoms with E-state index in [0.29, 0.717) is 55.5 Å². The molecule has 0 atom stereocenters. The molecule has 61 heavy (non-hydrogen) atoms. The number of methoxy groups -OCH3 is 4. The van der Waals surface area contributed by atoms with Crippen LogP contribution in [0.15, 0.2) is 107 Å². The van der Waals surface area contributed by atoms with E-state index in [2.05, 4.69) is 34.1 Å². The maximum Gasteiger partial charge on any atom is 0.261 e. The maximum absolute atomic E-state index is 12.3. The Kier molecular flexibility index (Phi) is 19.9. The molecular weight excluding hydrogens is 884 g/mol. The van der Waals surface area contributed by atoms with Crippen molar-refractivity contribution in [2.45, 2.75) is 35.5 Å². The Bertz CT molecular complexity index is 2440. The molecule has 0 spiro atoms. The van der Waals surface area contributed by atoms with Crippen LogP contribution >= 0.6 is 33.7 Å². The normalized spacial score (nSPS) is 11.0. The maximum atomic E-state index is 12.3. The molecule has 0 aliphatic carbocycles. The third-order valence-electron chi connectivity index (χ3n) is 8.22. The average Bonchev–Trinajstić information content (AvgIpc) is 3.92. The van der Waals surface area contributed by atoms with Crippen LogP contribution < -0.4 is 40.0 Å². The van der Waals surface area contributed by atoms with Crippen molar-refractivity contribution in [2.24, 2.45) is 5.73 Å². The first-order chi connectivity index (χ1) is 29.3. The van der Waals surface area contributed by atoms with Gasteiger partial charge >= 0.3 is 0 Å². The predicted octanol–water partition coefficient (Wildman–Crippen LogP) is 6.45. The molecule has 6 rings (SSSR count). The van der Waals surface area contributed by atoms with E-state index in [4.69, 9.17) is 35.4 Å². The second-order valence-corrected chi connectivity index (χ2v) is 18.5. The smallest absolute Gasteiger partial charge is 0.261 e. The highest BCUT2D eigenvalue weighted by molar-refractivity contribution is 8.13. The summed E-state index contributed by atoms with van der Waals surface area (Å²) in [5.74, 6) is 4.43. The summed E-state index contributed by atoms with van der Waals surface area (Å²) in [6.45, 7) is 2.42. The quantitative estimate of drug-likeness (QED) is 0.0478. The lowest BCUT2D eigenvalue weighted by Gasteiger charge is -2.07. The largest absolute Gasteiger partial charge is 0.497 e. The zero-order chi connectivity index (χ0) is 44.1. The zero-order valence-electron chi connectivity index (χ0n) is 34.0. The van der Waals surface area contributed by atoms with E-state index in [9.17, 15) is 16.8 Å². The van der Waals surface area contributed by atoms with Crippen LogP contribution in [0, 0.1) is 0 Å². The van der Waals surface area contributed by atoms with Gasteiger partial charge in [-0.3, -0.25) is 0 Å². The molecule has 0 aliphatic rings. The van der Waals surface area contributed by atoms with E-state index < -0.39 is 19.1 Å². The van der Waals surface area contributed by atoms with E-state index in [1.54, 1.807) is 26.4 Å². The van der Waals surface area contributed by atoms with Crippen LogP contribution in [0.1, 0.15) is 35.6 Å². The summed E-state index contributed by atoms with van der Waals surface area (Å²) in [7, 11) is 4.28. The molecule has 0 bridgehead atoms. The van der Waals surface area contributed by atoms with Crippen molar-refractivity contribution in [1.82, 2.24) is 23.4 Å². The van der Waals surface area contributed by atoms with Gasteiger partial charge in [-0.1, -0.05) is 24.3 Å². The van der Waals surface area contributed by atoms with Crippen LogP contribution in [0.2, 0.25) is 0 Å². The number of nitrogens with one attached hydrogen (secondary N) is 3. The molecule has 2 heterocycles. The predicted molar refractivity (Wildman–Crippen MR) is 241 cm³/mol. The second kappa shape index (κ2) is 25.0. The third-order valence-corrected chi connectivity index (χ3v) is 12.5. The summed E-state index contributed by atoms with van der Waals surface area (Å²) in [6.07, 6.45) is 2.88. The number of hydrogen-bond donors (Lipinski definition) is 4. The van der Waals surface area contributed by atoms with Crippen LogP contribution in [0.3, 0.4) is 0 Å². The van der Waals surface area contributed by atoms with E-state index in [0.717, 1.165) is 52.4 Å². The molecule has 6 aromatic rings. The standard InChI is InChI=1S/C20H24N4O4S2.C13H18N4OS.C7H7ClO3S/c1-27-16-7-9-18(10-8-16)30(25,26)22-12-4-11-21-20-23-19(24-29-20)14-15-5-3-6-17(13-15)28-2;1-18-11-5-2-4-10(8-11)9-12-16-13(19-17-12)15-7-3-6-14;1-11-6-2-4-7(5-3-6)12(8,9)10/h3,5-10,13,22H,4,11-12,14H2,1-2H3,(H,21,23,24);2,4-5,8H,3,6-7,9,14H2,1H3,(H,15,16,17);2-5H,1H3. The first-order valence-corrected chi connectivity index (χ1v) is 24.0. The van der Waals surface area contributed by atoms with Crippen LogP contribution in [-0.2, 0) is 31.9 Å². The molecule has 0 amide bonds. The van der Waals surface area contributed by atoms with E-state index in [1.807, 2.05) is 48.5 Å². The molecule has 0 aliphatic heterocycles. The molecule has 0 saturated heterocycles. The summed E-state index contributed by atoms with van der Waals surface area (Å²) in [6, 6.07) is 27.9. The topological polar surface area (TPSA) is 219 Å². The number of rotatable bonds is 20. The molecule has 0 unspecified atom stereocenters. The SMILES string of the molecule is COc1ccc(S(=O)(=O)Cl)cc1.COc1ccc(S(=O)(=O)NCCCNc2nc(Cc3cccc(OC)c3)ns2)cc1.COc1cccc(Cc2nsc(NCCCN)n2)c1. The fourth-order valence-electron chi connectivity index (χ4n) is 5.09. The fourth-order valence-corrected chi connectivity index (χ4v) is 8.15. The van der Waals surface area contributed by atoms with Gasteiger partial charge in [0.05, 0.1) is 38.2 Å². The Balaban J connectivity index is 0.000000224. The molecule has 0 saturated carbocycles. The monoisotopic (exact) mass is 932 g/mol. The van der Waals surface area contributed by atoms with Crippen molar-refractivity contribution < 1.29 is 35.8 Å². The Hall–Kier alpha value is -5.09. The molecular formula is C40H49ClN8O8S4. The van der Waals surface area contributed by atoms with Crippen molar-refractivity contribution in [1.29, 1.82) is 0 Å². The van der Waals surface area contributed by atoms with Gasteiger partial charge in [-0.25, -0.2) is 31.5 Å². The lowest BCUT2D eigenvalue weighted by molar-refractivity contribution is 0.414. The minimum atomic E-state index is -3.61. The minimum Gasteiger partial charge on any atom is -0.497 e. The summed E-state index contributed by atoms with van der Waals surface area (Å²) < 4.78 is 77.7. The Morgan fingerprint density at radius 1 is 0.590 bits per heavy atom. The lowest BCUT2D eigenvalue weighted by atomic mass is 10.1. The van der Waals surface area contributed by atoms with Gasteiger partial charge in [0, 0.05) is 66.2 Å². The highest BCUT2D eigenvalue weighted by Crippen LogP contribution is 2.21. The number of halogens is 1. The number of nitrogens with zero attached hydrogens (tertiary/aromatic N) is 4. The summed E-state index contributed by atoms with van der Waals surface area (Å²) in [4.78, 5) is 9.21. The van der Waals surface area contributed by atoms with Gasteiger partial charge < -0.3 is 35.3 Å². The Morgan fingerprint density at radius 3 is 1.46 bits per heavy atom.